The lowest BCUT2D eigenvalue weighted by Gasteiger charge is -2.25. The average Bonchev–Trinajstić information content (AvgIpc) is 2.63. The lowest BCUT2D eigenvalue weighted by molar-refractivity contribution is -0.121. The third kappa shape index (κ3) is 5.68. The minimum absolute atomic E-state index is 0.218. The molecule has 0 spiro atoms. The van der Waals surface area contributed by atoms with Crippen molar-refractivity contribution in [2.24, 2.45) is 0 Å². The fourth-order valence-corrected chi connectivity index (χ4v) is 2.42. The van der Waals surface area contributed by atoms with E-state index in [9.17, 15) is 4.79 Å². The van der Waals surface area contributed by atoms with Gasteiger partial charge < -0.3 is 19.5 Å². The van der Waals surface area contributed by atoms with Gasteiger partial charge in [0.15, 0.2) is 6.29 Å². The summed E-state index contributed by atoms with van der Waals surface area (Å²) < 4.78 is 15.9. The molecule has 1 N–H and O–H groups in total. The minimum Gasteiger partial charge on any atom is -0.445 e. The van der Waals surface area contributed by atoms with E-state index in [1.165, 1.54) is 0 Å². The second-order valence-corrected chi connectivity index (χ2v) is 5.34. The van der Waals surface area contributed by atoms with Crippen molar-refractivity contribution < 1.29 is 19.0 Å². The highest BCUT2D eigenvalue weighted by Crippen LogP contribution is 2.10. The van der Waals surface area contributed by atoms with E-state index in [4.69, 9.17) is 14.2 Å². The molecule has 5 heteroatoms. The Labute approximate surface area is 142 Å². The van der Waals surface area contributed by atoms with Crippen LogP contribution in [0.25, 0.3) is 0 Å². The van der Waals surface area contributed by atoms with Crippen molar-refractivity contribution in [3.8, 4) is 0 Å². The molecule has 0 aliphatic heterocycles. The normalized spacial score (nSPS) is 12.0. The third-order valence-corrected chi connectivity index (χ3v) is 3.61. The summed E-state index contributed by atoms with van der Waals surface area (Å²) in [6.07, 6.45) is -0.485. The van der Waals surface area contributed by atoms with E-state index >= 15 is 0 Å². The Morgan fingerprint density at radius 1 is 0.917 bits per heavy atom. The maximum Gasteiger partial charge on any atom is 0.407 e. The van der Waals surface area contributed by atoms with Crippen LogP contribution < -0.4 is 5.32 Å². The number of hydrogen-bond donors (Lipinski definition) is 1. The largest absolute Gasteiger partial charge is 0.445 e. The van der Waals surface area contributed by atoms with Crippen molar-refractivity contribution in [3.63, 3.8) is 0 Å². The van der Waals surface area contributed by atoms with Crippen LogP contribution in [0.4, 0.5) is 4.79 Å². The van der Waals surface area contributed by atoms with Crippen molar-refractivity contribution in [2.75, 3.05) is 14.2 Å². The molecule has 24 heavy (non-hydrogen) atoms. The van der Waals surface area contributed by atoms with E-state index in [1.807, 2.05) is 60.7 Å². The van der Waals surface area contributed by atoms with Gasteiger partial charge in [0.2, 0.25) is 0 Å². The van der Waals surface area contributed by atoms with Gasteiger partial charge in [0.05, 0.1) is 6.04 Å². The van der Waals surface area contributed by atoms with Gasteiger partial charge in [-0.2, -0.15) is 0 Å². The van der Waals surface area contributed by atoms with Crippen LogP contribution in [0.15, 0.2) is 60.7 Å². The van der Waals surface area contributed by atoms with Gasteiger partial charge in [-0.25, -0.2) is 4.79 Å². The summed E-state index contributed by atoms with van der Waals surface area (Å²) in [5, 5.41) is 2.83. The third-order valence-electron chi connectivity index (χ3n) is 3.61. The van der Waals surface area contributed by atoms with E-state index in [0.717, 1.165) is 11.1 Å². The number of alkyl carbamates (subject to hydrolysis) is 1. The van der Waals surface area contributed by atoms with Crippen molar-refractivity contribution in [3.05, 3.63) is 71.8 Å². The fourth-order valence-electron chi connectivity index (χ4n) is 2.42. The van der Waals surface area contributed by atoms with Crippen molar-refractivity contribution >= 4 is 6.09 Å². The van der Waals surface area contributed by atoms with Crippen molar-refractivity contribution in [1.82, 2.24) is 5.32 Å². The van der Waals surface area contributed by atoms with Gasteiger partial charge in [-0.1, -0.05) is 60.7 Å². The number of benzene rings is 2. The number of nitrogens with one attached hydrogen (secondary N) is 1. The molecule has 0 heterocycles. The zero-order valence-electron chi connectivity index (χ0n) is 14.0. The van der Waals surface area contributed by atoms with Gasteiger partial charge in [0.25, 0.3) is 0 Å². The molecule has 0 bridgehead atoms. The molecule has 1 unspecified atom stereocenters. The monoisotopic (exact) mass is 329 g/mol. The molecule has 0 fully saturated rings. The van der Waals surface area contributed by atoms with Crippen LogP contribution in [0.5, 0.6) is 0 Å². The summed E-state index contributed by atoms with van der Waals surface area (Å²) in [4.78, 5) is 12.1. The Hall–Kier alpha value is -2.37. The number of carbonyl (C=O) groups is 1. The first kappa shape index (κ1) is 18.0. The summed E-state index contributed by atoms with van der Waals surface area (Å²) >= 11 is 0. The molecule has 0 aromatic heterocycles. The van der Waals surface area contributed by atoms with Gasteiger partial charge >= 0.3 is 6.09 Å². The van der Waals surface area contributed by atoms with Gasteiger partial charge in [0, 0.05) is 14.2 Å². The Balaban J connectivity index is 1.95. The predicted molar refractivity (Wildman–Crippen MR) is 91.5 cm³/mol. The molecule has 5 nitrogen and oxygen atoms in total. The molecule has 0 aliphatic carbocycles. The summed E-state index contributed by atoms with van der Waals surface area (Å²) in [7, 11) is 3.09. The van der Waals surface area contributed by atoms with Crippen LogP contribution >= 0.6 is 0 Å². The number of rotatable bonds is 8. The highest BCUT2D eigenvalue weighted by Gasteiger charge is 2.24. The van der Waals surface area contributed by atoms with Gasteiger partial charge in [-0.05, 0) is 17.5 Å². The smallest absolute Gasteiger partial charge is 0.407 e. The molecule has 0 saturated carbocycles. The maximum atomic E-state index is 12.1. The van der Waals surface area contributed by atoms with E-state index in [-0.39, 0.29) is 12.6 Å². The SMILES string of the molecule is COC(OC)C(Cc1ccccc1)NC(=O)OCc1ccccc1. The summed E-state index contributed by atoms with van der Waals surface area (Å²) in [5.74, 6) is 0. The highest BCUT2D eigenvalue weighted by atomic mass is 16.7. The summed E-state index contributed by atoms with van der Waals surface area (Å²) in [5.41, 5.74) is 2.01. The van der Waals surface area contributed by atoms with Crippen LogP contribution in [0.3, 0.4) is 0 Å². The van der Waals surface area contributed by atoms with Crippen LogP contribution in [0.1, 0.15) is 11.1 Å². The topological polar surface area (TPSA) is 56.8 Å². The van der Waals surface area contributed by atoms with Crippen LogP contribution in [-0.4, -0.2) is 32.6 Å². The Kier molecular flexibility index (Phi) is 7.26. The molecular formula is C19H23NO4. The lowest BCUT2D eigenvalue weighted by atomic mass is 10.1. The number of ether oxygens (including phenoxy) is 3. The predicted octanol–water partition coefficient (Wildman–Crippen LogP) is 3.14. The van der Waals surface area contributed by atoms with Crippen LogP contribution in [0, 0.1) is 0 Å². The average molecular weight is 329 g/mol. The molecule has 1 amide bonds. The summed E-state index contributed by atoms with van der Waals surface area (Å²) in [6.45, 7) is 0.218. The van der Waals surface area contributed by atoms with Crippen LogP contribution in [-0.2, 0) is 27.2 Å². The van der Waals surface area contributed by atoms with E-state index in [0.29, 0.717) is 6.42 Å². The Morgan fingerprint density at radius 2 is 1.46 bits per heavy atom. The number of amides is 1. The molecule has 0 saturated heterocycles. The zero-order chi connectivity index (χ0) is 17.2. The second kappa shape index (κ2) is 9.70. The number of hydrogen-bond acceptors (Lipinski definition) is 4. The highest BCUT2D eigenvalue weighted by molar-refractivity contribution is 5.67. The standard InChI is InChI=1S/C19H23NO4/c1-22-18(23-2)17(13-15-9-5-3-6-10-15)20-19(21)24-14-16-11-7-4-8-12-16/h3-12,17-18H,13-14H2,1-2H3,(H,20,21). The van der Waals surface area contributed by atoms with E-state index < -0.39 is 12.4 Å². The fraction of sp³-hybridized carbons (Fsp3) is 0.316. The molecule has 2 aromatic rings. The Bertz CT molecular complexity index is 599. The second-order valence-electron chi connectivity index (χ2n) is 5.34. The van der Waals surface area contributed by atoms with Gasteiger partial charge in [-0.15, -0.1) is 0 Å². The van der Waals surface area contributed by atoms with Crippen molar-refractivity contribution in [1.29, 1.82) is 0 Å². The molecule has 128 valence electrons. The summed E-state index contributed by atoms with van der Waals surface area (Å²) in [6, 6.07) is 19.0. The van der Waals surface area contributed by atoms with E-state index in [2.05, 4.69) is 5.32 Å². The van der Waals surface area contributed by atoms with Crippen LogP contribution in [0.2, 0.25) is 0 Å². The lowest BCUT2D eigenvalue weighted by Crippen LogP contribution is -2.46. The molecule has 0 aliphatic rings. The minimum atomic E-state index is -0.561. The maximum absolute atomic E-state index is 12.1. The molecule has 0 radical (unpaired) electrons. The van der Waals surface area contributed by atoms with Crippen molar-refractivity contribution in [2.45, 2.75) is 25.4 Å². The number of carbonyl (C=O) groups excluding carboxylic acids is 1. The molecular weight excluding hydrogens is 306 g/mol. The first-order chi connectivity index (χ1) is 11.7. The van der Waals surface area contributed by atoms with E-state index in [1.54, 1.807) is 14.2 Å². The quantitative estimate of drug-likeness (QED) is 0.756. The number of methoxy groups -OCH3 is 2. The zero-order valence-corrected chi connectivity index (χ0v) is 14.0. The molecule has 1 atom stereocenters. The first-order valence-corrected chi connectivity index (χ1v) is 7.79. The molecule has 2 rings (SSSR count). The first-order valence-electron chi connectivity index (χ1n) is 7.79. The van der Waals surface area contributed by atoms with Gasteiger partial charge in [-0.3, -0.25) is 0 Å². The molecule has 2 aromatic carbocycles. The van der Waals surface area contributed by atoms with Gasteiger partial charge in [0.1, 0.15) is 6.61 Å². The Morgan fingerprint density at radius 3 is 2.00 bits per heavy atom.